The van der Waals surface area contributed by atoms with Gasteiger partial charge in [0.1, 0.15) is 6.61 Å². The first-order valence-corrected chi connectivity index (χ1v) is 2.73. The molecule has 3 heteroatoms. The second-order valence-electron chi connectivity index (χ2n) is 2.09. The van der Waals surface area contributed by atoms with Crippen LogP contribution in [-0.2, 0) is 9.57 Å². The normalized spacial score (nSPS) is 34.0. The summed E-state index contributed by atoms with van der Waals surface area (Å²) in [6, 6.07) is 0. The number of hydrogen-bond acceptors (Lipinski definition) is 3. The Morgan fingerprint density at radius 3 is 3.38 bits per heavy atom. The average Bonchev–Trinajstić information content (AvgIpc) is 2.15. The van der Waals surface area contributed by atoms with Crippen LogP contribution in [0.25, 0.3) is 0 Å². The molecule has 2 heterocycles. The van der Waals surface area contributed by atoms with Gasteiger partial charge in [0.05, 0.1) is 24.8 Å². The van der Waals surface area contributed by atoms with Gasteiger partial charge in [-0.05, 0) is 0 Å². The minimum absolute atomic E-state index is 0.481. The highest BCUT2D eigenvalue weighted by Crippen LogP contribution is 2.16. The van der Waals surface area contributed by atoms with E-state index >= 15 is 0 Å². The molecule has 0 radical (unpaired) electrons. The highest BCUT2D eigenvalue weighted by Gasteiger charge is 2.28. The molecule has 1 atom stereocenters. The standard InChI is InChI=1S/C5H7NO2/c1-4-2-8-6-5(4)3-7-1/h4H,1-3H2. The smallest absolute Gasteiger partial charge is 0.127 e. The summed E-state index contributed by atoms with van der Waals surface area (Å²) in [4.78, 5) is 4.82. The van der Waals surface area contributed by atoms with Gasteiger partial charge in [-0.25, -0.2) is 0 Å². The number of rotatable bonds is 0. The van der Waals surface area contributed by atoms with Gasteiger partial charge in [-0.2, -0.15) is 0 Å². The van der Waals surface area contributed by atoms with Crippen LogP contribution in [0.3, 0.4) is 0 Å². The molecule has 0 aromatic carbocycles. The summed E-state index contributed by atoms with van der Waals surface area (Å²) in [7, 11) is 0. The van der Waals surface area contributed by atoms with Crippen molar-refractivity contribution in [2.75, 3.05) is 19.8 Å². The van der Waals surface area contributed by atoms with Crippen LogP contribution in [-0.4, -0.2) is 25.5 Å². The van der Waals surface area contributed by atoms with Gasteiger partial charge in [0.2, 0.25) is 0 Å². The van der Waals surface area contributed by atoms with Crippen molar-refractivity contribution in [3.63, 3.8) is 0 Å². The zero-order valence-electron chi connectivity index (χ0n) is 4.46. The molecule has 0 bridgehead atoms. The number of fused-ring (bicyclic) bond motifs is 1. The van der Waals surface area contributed by atoms with E-state index in [1.54, 1.807) is 0 Å². The maximum absolute atomic E-state index is 5.10. The molecule has 2 aliphatic rings. The summed E-state index contributed by atoms with van der Waals surface area (Å²) in [6.45, 7) is 2.22. The predicted octanol–water partition coefficient (Wildman–Crippen LogP) is 0.0190. The third-order valence-corrected chi connectivity index (χ3v) is 1.50. The second kappa shape index (κ2) is 1.45. The van der Waals surface area contributed by atoms with E-state index in [9.17, 15) is 0 Å². The van der Waals surface area contributed by atoms with Crippen LogP contribution in [0.2, 0.25) is 0 Å². The van der Waals surface area contributed by atoms with E-state index in [0.29, 0.717) is 12.5 Å². The van der Waals surface area contributed by atoms with E-state index in [2.05, 4.69) is 5.16 Å². The Kier molecular flexibility index (Phi) is 0.784. The van der Waals surface area contributed by atoms with Gasteiger partial charge in [0, 0.05) is 0 Å². The van der Waals surface area contributed by atoms with Crippen LogP contribution in [0.4, 0.5) is 0 Å². The van der Waals surface area contributed by atoms with E-state index in [1.165, 1.54) is 0 Å². The van der Waals surface area contributed by atoms with Gasteiger partial charge in [0.25, 0.3) is 0 Å². The van der Waals surface area contributed by atoms with Crippen LogP contribution in [0.5, 0.6) is 0 Å². The van der Waals surface area contributed by atoms with Crippen molar-refractivity contribution in [2.24, 2.45) is 11.1 Å². The van der Waals surface area contributed by atoms with Crippen molar-refractivity contribution in [1.82, 2.24) is 0 Å². The van der Waals surface area contributed by atoms with E-state index in [-0.39, 0.29) is 0 Å². The summed E-state index contributed by atoms with van der Waals surface area (Å²) in [6.07, 6.45) is 0. The monoisotopic (exact) mass is 113 g/mol. The van der Waals surface area contributed by atoms with E-state index in [0.717, 1.165) is 18.9 Å². The summed E-state index contributed by atoms with van der Waals surface area (Å²) < 4.78 is 5.10. The SMILES string of the molecule is C1OCC2CON=C12. The van der Waals surface area contributed by atoms with Gasteiger partial charge >= 0.3 is 0 Å². The first-order chi connectivity index (χ1) is 3.97. The molecule has 0 saturated carbocycles. The Hall–Kier alpha value is -0.570. The largest absolute Gasteiger partial charge is 0.395 e. The first-order valence-electron chi connectivity index (χ1n) is 2.73. The van der Waals surface area contributed by atoms with Crippen LogP contribution < -0.4 is 0 Å². The Balaban J connectivity index is 2.20. The molecule has 2 aliphatic heterocycles. The molecule has 3 nitrogen and oxygen atoms in total. The van der Waals surface area contributed by atoms with Gasteiger partial charge in [-0.3, -0.25) is 0 Å². The van der Waals surface area contributed by atoms with E-state index in [4.69, 9.17) is 9.57 Å². The highest BCUT2D eigenvalue weighted by atomic mass is 16.6. The van der Waals surface area contributed by atoms with Gasteiger partial charge in [-0.15, -0.1) is 0 Å². The molecule has 0 aliphatic carbocycles. The number of hydrogen-bond donors (Lipinski definition) is 0. The Bertz CT molecular complexity index is 132. The lowest BCUT2D eigenvalue weighted by Crippen LogP contribution is -2.08. The molecule has 2 rings (SSSR count). The van der Waals surface area contributed by atoms with Crippen molar-refractivity contribution < 1.29 is 9.57 Å². The van der Waals surface area contributed by atoms with E-state index < -0.39 is 0 Å². The third-order valence-electron chi connectivity index (χ3n) is 1.50. The van der Waals surface area contributed by atoms with Crippen LogP contribution >= 0.6 is 0 Å². The van der Waals surface area contributed by atoms with Crippen molar-refractivity contribution in [1.29, 1.82) is 0 Å². The number of oxime groups is 1. The molecule has 8 heavy (non-hydrogen) atoms. The fourth-order valence-electron chi connectivity index (χ4n) is 0.975. The lowest BCUT2D eigenvalue weighted by Gasteiger charge is -1.92. The first kappa shape index (κ1) is 4.32. The molecule has 0 N–H and O–H groups in total. The van der Waals surface area contributed by atoms with Crippen molar-refractivity contribution in [2.45, 2.75) is 0 Å². The molecule has 1 saturated heterocycles. The maximum atomic E-state index is 5.10. The fourth-order valence-corrected chi connectivity index (χ4v) is 0.975. The summed E-state index contributed by atoms with van der Waals surface area (Å²) in [5.74, 6) is 0.481. The molecular formula is C5H7NO2. The zero-order chi connectivity index (χ0) is 5.40. The summed E-state index contributed by atoms with van der Waals surface area (Å²) >= 11 is 0. The molecule has 1 unspecified atom stereocenters. The molecule has 0 aromatic rings. The number of ether oxygens (including phenoxy) is 1. The lowest BCUT2D eigenvalue weighted by atomic mass is 10.1. The van der Waals surface area contributed by atoms with E-state index in [1.807, 2.05) is 0 Å². The zero-order valence-corrected chi connectivity index (χ0v) is 4.46. The Labute approximate surface area is 47.3 Å². The van der Waals surface area contributed by atoms with Gasteiger partial charge in [0.15, 0.2) is 0 Å². The van der Waals surface area contributed by atoms with Crippen molar-refractivity contribution >= 4 is 5.71 Å². The molecule has 1 fully saturated rings. The Morgan fingerprint density at radius 2 is 2.50 bits per heavy atom. The minimum Gasteiger partial charge on any atom is -0.395 e. The van der Waals surface area contributed by atoms with Crippen molar-refractivity contribution in [3.05, 3.63) is 0 Å². The Morgan fingerprint density at radius 1 is 1.50 bits per heavy atom. The fraction of sp³-hybridized carbons (Fsp3) is 0.800. The van der Waals surface area contributed by atoms with Crippen molar-refractivity contribution in [3.8, 4) is 0 Å². The molecular weight excluding hydrogens is 106 g/mol. The topological polar surface area (TPSA) is 30.8 Å². The molecule has 0 aromatic heterocycles. The molecule has 0 amide bonds. The lowest BCUT2D eigenvalue weighted by molar-refractivity contribution is 0.111. The molecule has 0 spiro atoms. The summed E-state index contributed by atoms with van der Waals surface area (Å²) in [5, 5.41) is 3.79. The van der Waals surface area contributed by atoms with Gasteiger partial charge < -0.3 is 9.57 Å². The van der Waals surface area contributed by atoms with Crippen LogP contribution in [0, 0.1) is 5.92 Å². The quantitative estimate of drug-likeness (QED) is 0.443. The van der Waals surface area contributed by atoms with Crippen LogP contribution in [0.1, 0.15) is 0 Å². The maximum Gasteiger partial charge on any atom is 0.127 e. The van der Waals surface area contributed by atoms with Crippen LogP contribution in [0.15, 0.2) is 5.16 Å². The number of nitrogens with zero attached hydrogens (tertiary/aromatic N) is 1. The highest BCUT2D eigenvalue weighted by molar-refractivity contribution is 5.90. The summed E-state index contributed by atoms with van der Waals surface area (Å²) in [5.41, 5.74) is 1.09. The molecule has 44 valence electrons. The van der Waals surface area contributed by atoms with Gasteiger partial charge in [-0.1, -0.05) is 5.16 Å². The average molecular weight is 113 g/mol. The minimum atomic E-state index is 0.481. The third kappa shape index (κ3) is 0.448. The predicted molar refractivity (Wildman–Crippen MR) is 27.7 cm³/mol. The second-order valence-corrected chi connectivity index (χ2v) is 2.09.